The minimum absolute atomic E-state index is 0. The molecule has 1 spiro atoms. The standard InChI is InChI=1S/C16H21IN2O.ClH/c1-12-13(3-2-4-14(12)17)15(20)19-9-6-16(7-10-19)5-8-18-11-16;/h2-4,18H,5-11H2,1H3;1H. The molecule has 2 saturated heterocycles. The van der Waals surface area contributed by atoms with Gasteiger partial charge in [-0.3, -0.25) is 4.79 Å². The van der Waals surface area contributed by atoms with Crippen LogP contribution < -0.4 is 5.32 Å². The number of nitrogens with one attached hydrogen (secondary N) is 1. The predicted octanol–water partition coefficient (Wildman–Crippen LogP) is 3.24. The number of hydrogen-bond donors (Lipinski definition) is 1. The van der Waals surface area contributed by atoms with E-state index in [-0.39, 0.29) is 18.3 Å². The molecule has 21 heavy (non-hydrogen) atoms. The summed E-state index contributed by atoms with van der Waals surface area (Å²) in [5.74, 6) is 0.210. The average molecular weight is 421 g/mol. The molecule has 3 rings (SSSR count). The van der Waals surface area contributed by atoms with Crippen molar-refractivity contribution in [1.82, 2.24) is 10.2 Å². The lowest BCUT2D eigenvalue weighted by atomic mass is 9.77. The second kappa shape index (κ2) is 6.84. The van der Waals surface area contributed by atoms with Crippen LogP contribution in [0.15, 0.2) is 18.2 Å². The molecule has 2 aliphatic rings. The molecule has 2 heterocycles. The summed E-state index contributed by atoms with van der Waals surface area (Å²) in [6.45, 7) is 6.14. The Labute approximate surface area is 146 Å². The second-order valence-electron chi connectivity index (χ2n) is 6.13. The lowest BCUT2D eigenvalue weighted by Gasteiger charge is -2.39. The Balaban J connectivity index is 0.00000161. The third-order valence-corrected chi connectivity index (χ3v) is 6.11. The number of nitrogens with zero attached hydrogens (tertiary/aromatic N) is 1. The topological polar surface area (TPSA) is 32.3 Å². The largest absolute Gasteiger partial charge is 0.339 e. The molecule has 0 aromatic heterocycles. The highest BCUT2D eigenvalue weighted by molar-refractivity contribution is 14.1. The van der Waals surface area contributed by atoms with Crippen molar-refractivity contribution in [2.24, 2.45) is 5.41 Å². The van der Waals surface area contributed by atoms with E-state index in [2.05, 4.69) is 34.0 Å². The summed E-state index contributed by atoms with van der Waals surface area (Å²) in [5.41, 5.74) is 2.45. The Morgan fingerprint density at radius 2 is 2.00 bits per heavy atom. The molecule has 3 nitrogen and oxygen atoms in total. The summed E-state index contributed by atoms with van der Waals surface area (Å²) in [6, 6.07) is 6.00. The number of rotatable bonds is 1. The number of carbonyl (C=O) groups is 1. The monoisotopic (exact) mass is 420 g/mol. The number of piperidine rings is 1. The lowest BCUT2D eigenvalue weighted by molar-refractivity contribution is 0.0607. The number of benzene rings is 1. The van der Waals surface area contributed by atoms with Crippen LogP contribution in [0.4, 0.5) is 0 Å². The fourth-order valence-corrected chi connectivity index (χ4v) is 3.91. The molecule has 0 saturated carbocycles. The first kappa shape index (κ1) is 17.0. The third-order valence-electron chi connectivity index (χ3n) is 4.94. The summed E-state index contributed by atoms with van der Waals surface area (Å²) in [4.78, 5) is 14.7. The minimum Gasteiger partial charge on any atom is -0.339 e. The fraction of sp³-hybridized carbons (Fsp3) is 0.562. The van der Waals surface area contributed by atoms with E-state index in [1.165, 1.54) is 9.99 Å². The minimum atomic E-state index is 0. The second-order valence-corrected chi connectivity index (χ2v) is 7.29. The number of likely N-dealkylation sites (tertiary alicyclic amines) is 1. The molecular formula is C16H22ClIN2O. The normalized spacial score (nSPS) is 20.4. The van der Waals surface area contributed by atoms with Crippen LogP contribution in [-0.2, 0) is 0 Å². The molecular weight excluding hydrogens is 399 g/mol. The molecule has 1 amide bonds. The van der Waals surface area contributed by atoms with Crippen LogP contribution in [0, 0.1) is 15.9 Å². The van der Waals surface area contributed by atoms with Gasteiger partial charge in [0.1, 0.15) is 0 Å². The Morgan fingerprint density at radius 3 is 2.62 bits per heavy atom. The highest BCUT2D eigenvalue weighted by Crippen LogP contribution is 2.37. The van der Waals surface area contributed by atoms with E-state index in [1.54, 1.807) is 0 Å². The zero-order valence-electron chi connectivity index (χ0n) is 12.3. The zero-order valence-corrected chi connectivity index (χ0v) is 15.3. The van der Waals surface area contributed by atoms with Crippen molar-refractivity contribution in [3.05, 3.63) is 32.9 Å². The molecule has 0 bridgehead atoms. The molecule has 1 N–H and O–H groups in total. The van der Waals surface area contributed by atoms with Gasteiger partial charge in [0.05, 0.1) is 0 Å². The molecule has 5 heteroatoms. The maximum Gasteiger partial charge on any atom is 0.254 e. The quantitative estimate of drug-likeness (QED) is 0.708. The van der Waals surface area contributed by atoms with Crippen molar-refractivity contribution >= 4 is 40.9 Å². The van der Waals surface area contributed by atoms with E-state index in [1.807, 2.05) is 24.0 Å². The van der Waals surface area contributed by atoms with Crippen LogP contribution in [-0.4, -0.2) is 37.0 Å². The molecule has 0 unspecified atom stereocenters. The van der Waals surface area contributed by atoms with Gasteiger partial charge < -0.3 is 10.2 Å². The number of amides is 1. The van der Waals surface area contributed by atoms with E-state index in [0.29, 0.717) is 5.41 Å². The van der Waals surface area contributed by atoms with Crippen molar-refractivity contribution in [1.29, 1.82) is 0 Å². The van der Waals surface area contributed by atoms with Crippen LogP contribution in [0.5, 0.6) is 0 Å². The summed E-state index contributed by atoms with van der Waals surface area (Å²) in [7, 11) is 0. The van der Waals surface area contributed by atoms with Gasteiger partial charge in [-0.15, -0.1) is 12.4 Å². The average Bonchev–Trinajstić information content (AvgIpc) is 2.90. The summed E-state index contributed by atoms with van der Waals surface area (Å²) in [5, 5.41) is 3.47. The zero-order chi connectivity index (χ0) is 14.2. The van der Waals surface area contributed by atoms with Crippen LogP contribution in [0.1, 0.15) is 35.2 Å². The van der Waals surface area contributed by atoms with E-state index < -0.39 is 0 Å². The molecule has 1 aromatic carbocycles. The van der Waals surface area contributed by atoms with Gasteiger partial charge in [-0.1, -0.05) is 6.07 Å². The first-order valence-corrected chi connectivity index (χ1v) is 8.44. The fourth-order valence-electron chi connectivity index (χ4n) is 3.42. The van der Waals surface area contributed by atoms with Crippen molar-refractivity contribution in [3.63, 3.8) is 0 Å². The Hall–Kier alpha value is -0.330. The molecule has 116 valence electrons. The van der Waals surface area contributed by atoms with Crippen molar-refractivity contribution in [3.8, 4) is 0 Å². The Morgan fingerprint density at radius 1 is 1.29 bits per heavy atom. The van der Waals surface area contributed by atoms with Gasteiger partial charge in [0.25, 0.3) is 5.91 Å². The van der Waals surface area contributed by atoms with Crippen LogP contribution in [0.25, 0.3) is 0 Å². The Bertz CT molecular complexity index is 519. The molecule has 1 aromatic rings. The molecule has 2 aliphatic heterocycles. The van der Waals surface area contributed by atoms with Gasteiger partial charge in [0.15, 0.2) is 0 Å². The number of hydrogen-bond acceptors (Lipinski definition) is 2. The molecule has 0 radical (unpaired) electrons. The van der Waals surface area contributed by atoms with E-state index in [0.717, 1.165) is 50.1 Å². The van der Waals surface area contributed by atoms with Gasteiger partial charge in [-0.25, -0.2) is 0 Å². The Kier molecular flexibility index (Phi) is 5.54. The van der Waals surface area contributed by atoms with Gasteiger partial charge in [-0.05, 0) is 78.4 Å². The molecule has 0 atom stereocenters. The van der Waals surface area contributed by atoms with Gasteiger partial charge in [0, 0.05) is 28.8 Å². The van der Waals surface area contributed by atoms with E-state index >= 15 is 0 Å². The SMILES string of the molecule is Cc1c(I)cccc1C(=O)N1CCC2(CCNC2)CC1.Cl. The van der Waals surface area contributed by atoms with Crippen LogP contribution >= 0.6 is 35.0 Å². The number of halogens is 2. The van der Waals surface area contributed by atoms with Crippen molar-refractivity contribution in [2.45, 2.75) is 26.2 Å². The third kappa shape index (κ3) is 3.37. The van der Waals surface area contributed by atoms with Crippen molar-refractivity contribution in [2.75, 3.05) is 26.2 Å². The summed E-state index contributed by atoms with van der Waals surface area (Å²) < 4.78 is 1.17. The lowest BCUT2D eigenvalue weighted by Crippen LogP contribution is -2.44. The maximum atomic E-state index is 12.7. The van der Waals surface area contributed by atoms with E-state index in [9.17, 15) is 4.79 Å². The maximum absolute atomic E-state index is 12.7. The summed E-state index contributed by atoms with van der Waals surface area (Å²) >= 11 is 2.30. The van der Waals surface area contributed by atoms with Gasteiger partial charge in [-0.2, -0.15) is 0 Å². The molecule has 2 fully saturated rings. The smallest absolute Gasteiger partial charge is 0.254 e. The first-order valence-electron chi connectivity index (χ1n) is 7.36. The van der Waals surface area contributed by atoms with Gasteiger partial charge >= 0.3 is 0 Å². The predicted molar refractivity (Wildman–Crippen MR) is 96.2 cm³/mol. The van der Waals surface area contributed by atoms with Crippen LogP contribution in [0.2, 0.25) is 0 Å². The highest BCUT2D eigenvalue weighted by Gasteiger charge is 2.38. The first-order chi connectivity index (χ1) is 9.61. The molecule has 0 aliphatic carbocycles. The summed E-state index contributed by atoms with van der Waals surface area (Å²) in [6.07, 6.45) is 3.57. The van der Waals surface area contributed by atoms with Gasteiger partial charge in [0.2, 0.25) is 0 Å². The highest BCUT2D eigenvalue weighted by atomic mass is 127. The van der Waals surface area contributed by atoms with Crippen molar-refractivity contribution < 1.29 is 4.79 Å². The van der Waals surface area contributed by atoms with Crippen LogP contribution in [0.3, 0.4) is 0 Å². The van der Waals surface area contributed by atoms with E-state index in [4.69, 9.17) is 0 Å². The number of carbonyl (C=O) groups excluding carboxylic acids is 1.